The molecule has 0 aliphatic carbocycles. The molecule has 0 fully saturated rings. The molecule has 50 heavy (non-hydrogen) atoms. The Morgan fingerprint density at radius 1 is 0.560 bits per heavy atom. The van der Waals surface area contributed by atoms with E-state index in [2.05, 4.69) is 9.97 Å². The van der Waals surface area contributed by atoms with Crippen LogP contribution in [0.15, 0.2) is 72.8 Å². The van der Waals surface area contributed by atoms with E-state index in [1.54, 1.807) is 6.07 Å². The number of rotatable bonds is 10. The Morgan fingerprint density at radius 3 is 1.58 bits per heavy atom. The van der Waals surface area contributed by atoms with Crippen LogP contribution in [-0.2, 0) is 22.3 Å². The van der Waals surface area contributed by atoms with Crippen LogP contribution in [0.2, 0.25) is 0 Å². The summed E-state index contributed by atoms with van der Waals surface area (Å²) < 4.78 is 76.5. The lowest BCUT2D eigenvalue weighted by Gasteiger charge is -2.12. The Morgan fingerprint density at radius 2 is 1.02 bits per heavy atom. The van der Waals surface area contributed by atoms with Crippen molar-refractivity contribution in [2.24, 2.45) is 0 Å². The van der Waals surface area contributed by atoms with Gasteiger partial charge in [-0.1, -0.05) is 0 Å². The second kappa shape index (κ2) is 14.3. The maximum absolute atomic E-state index is 13.8. The molecule has 0 saturated heterocycles. The van der Waals surface area contributed by atoms with Gasteiger partial charge in [0.1, 0.15) is 23.3 Å². The van der Waals surface area contributed by atoms with Crippen molar-refractivity contribution in [3.05, 3.63) is 141 Å². The number of halogens is 4. The first-order valence-corrected chi connectivity index (χ1v) is 16.3. The lowest BCUT2D eigenvalue weighted by molar-refractivity contribution is 0.0689. The predicted molar refractivity (Wildman–Crippen MR) is 188 cm³/mol. The number of nitrogens with one attached hydrogen (secondary N) is 2. The highest BCUT2D eigenvalue weighted by Gasteiger charge is 2.15. The summed E-state index contributed by atoms with van der Waals surface area (Å²) in [6.07, 6.45) is 7.23. The number of aromatic nitrogens is 4. The molecule has 2 aromatic carbocycles. The molecule has 3 aromatic heterocycles. The van der Waals surface area contributed by atoms with Gasteiger partial charge in [-0.2, -0.15) is 0 Å². The van der Waals surface area contributed by atoms with E-state index in [-0.39, 0.29) is 25.7 Å². The van der Waals surface area contributed by atoms with Crippen LogP contribution in [0.5, 0.6) is 0 Å². The zero-order valence-electron chi connectivity index (χ0n) is 28.4. The molecule has 0 amide bonds. The van der Waals surface area contributed by atoms with Crippen molar-refractivity contribution in [1.29, 1.82) is 0 Å². The average molecular weight is 680 g/mol. The van der Waals surface area contributed by atoms with Crippen LogP contribution >= 0.6 is 0 Å². The van der Waals surface area contributed by atoms with E-state index in [0.717, 1.165) is 45.8 Å². The van der Waals surface area contributed by atoms with Gasteiger partial charge < -0.3 is 19.4 Å². The molecule has 6 nitrogen and oxygen atoms in total. The highest BCUT2D eigenvalue weighted by atomic mass is 19.1. The van der Waals surface area contributed by atoms with Gasteiger partial charge in [0.15, 0.2) is 0 Å². The van der Waals surface area contributed by atoms with E-state index < -0.39 is 35.5 Å². The molecule has 8 bridgehead atoms. The number of benzene rings is 2. The van der Waals surface area contributed by atoms with Crippen LogP contribution in [0, 0.1) is 23.3 Å². The van der Waals surface area contributed by atoms with Gasteiger partial charge in [0.05, 0.1) is 49.6 Å². The minimum atomic E-state index is -0.649. The van der Waals surface area contributed by atoms with Crippen LogP contribution in [0.4, 0.5) is 17.6 Å². The fourth-order valence-electron chi connectivity index (χ4n) is 6.11. The van der Waals surface area contributed by atoms with Crippen LogP contribution in [-0.4, -0.2) is 33.1 Å². The molecule has 10 heteroatoms. The molecule has 254 valence electrons. The molecule has 5 heterocycles. The van der Waals surface area contributed by atoms with Crippen molar-refractivity contribution >= 4 is 46.4 Å². The Bertz CT molecular complexity index is 2310. The quantitative estimate of drug-likeness (QED) is 0.141. The van der Waals surface area contributed by atoms with Crippen LogP contribution in [0.1, 0.15) is 72.5 Å². The lowest BCUT2D eigenvalue weighted by atomic mass is 10.1. The summed E-state index contributed by atoms with van der Waals surface area (Å²) in [6, 6.07) is 16.5. The first-order valence-electron chi connectivity index (χ1n) is 16.8. The Kier molecular flexibility index (Phi) is 9.11. The normalized spacial score (nSPS) is 13.8. The summed E-state index contributed by atoms with van der Waals surface area (Å²) in [5.74, 6) is -2.56. The maximum Gasteiger partial charge on any atom is 0.126 e. The number of aromatic amines is 2. The average Bonchev–Trinajstić information content (AvgIpc) is 3.85. The van der Waals surface area contributed by atoms with Gasteiger partial charge in [-0.05, 0) is 123 Å². The summed E-state index contributed by atoms with van der Waals surface area (Å²) in [5, 5.41) is 0. The Balaban J connectivity index is 1.27. The topological polar surface area (TPSA) is 75.8 Å². The second-order valence-corrected chi connectivity index (χ2v) is 12.3. The summed E-state index contributed by atoms with van der Waals surface area (Å²) in [4.78, 5) is 16.3. The molecule has 7 rings (SSSR count). The fourth-order valence-corrected chi connectivity index (χ4v) is 6.11. The van der Waals surface area contributed by atoms with E-state index in [0.29, 0.717) is 39.8 Å². The standard InChI is InChI=1S/C40H34F4N4O2/c1-23(49-9-7-25-11-27(41)15-28(42)12-25)37-19-35-18-33-4-3-31(45-33)17-32-5-6-34(46-32)21-39-38(20-36(48-39)22-40(37)47-35)24(2)50-10-8-26-13-29(43)16-30(44)14-26/h3-6,11-24,47-48H,7-10H2,1-2H3/i19D. The highest BCUT2D eigenvalue weighted by Crippen LogP contribution is 2.29. The summed E-state index contributed by atoms with van der Waals surface area (Å²) in [5.41, 5.74) is 7.90. The summed E-state index contributed by atoms with van der Waals surface area (Å²) >= 11 is 0. The van der Waals surface area contributed by atoms with E-state index >= 15 is 0 Å². The SMILES string of the molecule is [2H]c1c(C(C)OCCc2cc(F)cc(F)c2)c2cc3cc(C(C)OCCc4cc(F)cc(F)c4)c(cc4nc(cc5nc(cc1[nH]2)C=C5)C=C4)[nH]3. The highest BCUT2D eigenvalue weighted by molar-refractivity contribution is 5.79. The molecular weight excluding hydrogens is 644 g/mol. The van der Waals surface area contributed by atoms with Crippen molar-refractivity contribution in [1.82, 2.24) is 19.9 Å². The van der Waals surface area contributed by atoms with Crippen molar-refractivity contribution in [3.63, 3.8) is 0 Å². The van der Waals surface area contributed by atoms with E-state index in [4.69, 9.17) is 20.8 Å². The number of fused-ring (bicyclic) bond motifs is 8. The van der Waals surface area contributed by atoms with Gasteiger partial charge in [-0.3, -0.25) is 0 Å². The van der Waals surface area contributed by atoms with Crippen molar-refractivity contribution in [2.45, 2.75) is 38.9 Å². The van der Waals surface area contributed by atoms with Crippen LogP contribution < -0.4 is 0 Å². The third kappa shape index (κ3) is 7.93. The van der Waals surface area contributed by atoms with Crippen molar-refractivity contribution < 1.29 is 28.4 Å². The van der Waals surface area contributed by atoms with E-state index in [1.807, 2.05) is 62.4 Å². The zero-order chi connectivity index (χ0) is 35.6. The molecule has 2 aliphatic rings. The van der Waals surface area contributed by atoms with Crippen LogP contribution in [0.25, 0.3) is 46.4 Å². The number of hydrogen-bond acceptors (Lipinski definition) is 4. The van der Waals surface area contributed by atoms with Gasteiger partial charge >= 0.3 is 0 Å². The molecular formula is C40H34F4N4O2. The van der Waals surface area contributed by atoms with Crippen molar-refractivity contribution in [2.75, 3.05) is 13.2 Å². The Labute approximate surface area is 287 Å². The smallest absolute Gasteiger partial charge is 0.126 e. The predicted octanol–water partition coefficient (Wildman–Crippen LogP) is 9.85. The van der Waals surface area contributed by atoms with Gasteiger partial charge in [0, 0.05) is 45.3 Å². The zero-order valence-corrected chi connectivity index (χ0v) is 27.4. The number of nitrogens with zero attached hydrogens (tertiary/aromatic N) is 2. The van der Waals surface area contributed by atoms with Crippen LogP contribution in [0.3, 0.4) is 0 Å². The maximum atomic E-state index is 13.8. The molecule has 0 spiro atoms. The summed E-state index contributed by atoms with van der Waals surface area (Å²) in [6.45, 7) is 4.15. The first kappa shape index (κ1) is 31.9. The van der Waals surface area contributed by atoms with Crippen molar-refractivity contribution in [3.8, 4) is 0 Å². The minimum absolute atomic E-state index is 0.175. The first-order chi connectivity index (χ1) is 24.6. The number of ether oxygens (including phenoxy) is 2. The van der Waals surface area contributed by atoms with E-state index in [1.165, 1.54) is 24.3 Å². The second-order valence-electron chi connectivity index (χ2n) is 12.3. The molecule has 0 saturated carbocycles. The van der Waals surface area contributed by atoms with Gasteiger partial charge in [-0.25, -0.2) is 27.5 Å². The molecule has 2 aliphatic heterocycles. The molecule has 0 radical (unpaired) electrons. The number of hydrogen-bond donors (Lipinski definition) is 2. The molecule has 2 N–H and O–H groups in total. The fraction of sp³-hybridized carbons (Fsp3) is 0.200. The monoisotopic (exact) mass is 679 g/mol. The van der Waals surface area contributed by atoms with Gasteiger partial charge in [-0.15, -0.1) is 0 Å². The third-order valence-electron chi connectivity index (χ3n) is 8.48. The Hall–Kier alpha value is -5.32. The van der Waals surface area contributed by atoms with E-state index in [9.17, 15) is 17.6 Å². The third-order valence-corrected chi connectivity index (χ3v) is 8.48. The van der Waals surface area contributed by atoms with Gasteiger partial charge in [0.25, 0.3) is 0 Å². The molecule has 2 unspecified atom stereocenters. The number of H-pyrrole nitrogens is 2. The molecule has 2 atom stereocenters. The molecule has 5 aromatic rings. The summed E-state index contributed by atoms with van der Waals surface area (Å²) in [7, 11) is 0. The minimum Gasteiger partial charge on any atom is -0.373 e. The largest absolute Gasteiger partial charge is 0.373 e. The lowest BCUT2D eigenvalue weighted by Crippen LogP contribution is -2.04. The van der Waals surface area contributed by atoms with Gasteiger partial charge in [0.2, 0.25) is 0 Å².